The van der Waals surface area contributed by atoms with Gasteiger partial charge < -0.3 is 5.32 Å². The molecule has 3 rings (SSSR count). The van der Waals surface area contributed by atoms with Crippen LogP contribution in [-0.4, -0.2) is 29.2 Å². The van der Waals surface area contributed by atoms with Gasteiger partial charge >= 0.3 is 0 Å². The van der Waals surface area contributed by atoms with Crippen LogP contribution in [-0.2, 0) is 16.1 Å². The van der Waals surface area contributed by atoms with Gasteiger partial charge in [0.05, 0.1) is 6.54 Å². The van der Waals surface area contributed by atoms with E-state index in [0.717, 1.165) is 5.56 Å². The van der Waals surface area contributed by atoms with Gasteiger partial charge in [-0.3, -0.25) is 19.3 Å². The molecule has 1 N–H and O–H groups in total. The molecule has 0 unspecified atom stereocenters. The Labute approximate surface area is 153 Å². The van der Waals surface area contributed by atoms with Crippen molar-refractivity contribution in [2.75, 3.05) is 6.54 Å². The number of rotatable bonds is 6. The number of nitrogens with zero attached hydrogens (tertiary/aromatic N) is 1. The van der Waals surface area contributed by atoms with Gasteiger partial charge in [0, 0.05) is 24.9 Å². The molecular weight excluding hydrogens is 328 g/mol. The Morgan fingerprint density at radius 1 is 1.00 bits per heavy atom. The maximum absolute atomic E-state index is 12.3. The molecule has 0 spiro atoms. The van der Waals surface area contributed by atoms with E-state index in [1.54, 1.807) is 24.3 Å². The van der Waals surface area contributed by atoms with Gasteiger partial charge in [-0.15, -0.1) is 0 Å². The molecule has 0 aromatic heterocycles. The van der Waals surface area contributed by atoms with E-state index >= 15 is 0 Å². The number of likely N-dealkylation sites (tertiary alicyclic amines) is 1. The molecule has 0 aliphatic carbocycles. The lowest BCUT2D eigenvalue weighted by molar-refractivity contribution is -0.139. The van der Waals surface area contributed by atoms with Crippen LogP contribution < -0.4 is 5.32 Å². The molecule has 3 amide bonds. The predicted molar refractivity (Wildman–Crippen MR) is 98.4 cm³/mol. The molecule has 0 radical (unpaired) electrons. The average molecular weight is 350 g/mol. The van der Waals surface area contributed by atoms with Crippen LogP contribution in [0.5, 0.6) is 0 Å². The second-order valence-electron chi connectivity index (χ2n) is 6.59. The highest BCUT2D eigenvalue weighted by Crippen LogP contribution is 2.17. The first kappa shape index (κ1) is 17.9. The summed E-state index contributed by atoms with van der Waals surface area (Å²) in [7, 11) is 0. The van der Waals surface area contributed by atoms with Crippen LogP contribution in [0.25, 0.3) is 0 Å². The van der Waals surface area contributed by atoms with E-state index in [2.05, 4.69) is 12.2 Å². The maximum atomic E-state index is 12.3. The Balaban J connectivity index is 1.55. The summed E-state index contributed by atoms with van der Waals surface area (Å²) in [6, 6.07) is 17.1. The summed E-state index contributed by atoms with van der Waals surface area (Å²) in [5.74, 6) is -0.169. The molecule has 1 atom stereocenters. The fraction of sp³-hybridized carbons (Fsp3) is 0.286. The summed E-state index contributed by atoms with van der Waals surface area (Å²) in [4.78, 5) is 36.9. The van der Waals surface area contributed by atoms with Gasteiger partial charge in [0.25, 0.3) is 5.91 Å². The Hall–Kier alpha value is -2.95. The number of hydrogen-bond acceptors (Lipinski definition) is 3. The van der Waals surface area contributed by atoms with Gasteiger partial charge in [-0.25, -0.2) is 0 Å². The first-order chi connectivity index (χ1) is 12.5. The fourth-order valence-corrected chi connectivity index (χ4v) is 2.99. The highest BCUT2D eigenvalue weighted by molar-refractivity contribution is 6.01. The SMILES string of the molecule is C[C@H](CNC(=O)c1ccc(CN2C(=O)CCC2=O)cc1)c1ccccc1. The fourth-order valence-electron chi connectivity index (χ4n) is 2.99. The van der Waals surface area contributed by atoms with Crippen molar-refractivity contribution in [1.29, 1.82) is 0 Å². The summed E-state index contributed by atoms with van der Waals surface area (Å²) in [5.41, 5.74) is 2.58. The number of carbonyl (C=O) groups is 3. The van der Waals surface area contributed by atoms with E-state index in [4.69, 9.17) is 0 Å². The number of carbonyl (C=O) groups excluding carboxylic acids is 3. The molecular formula is C21H22N2O3. The summed E-state index contributed by atoms with van der Waals surface area (Å²) < 4.78 is 0. The third-order valence-corrected chi connectivity index (χ3v) is 4.65. The van der Waals surface area contributed by atoms with Crippen molar-refractivity contribution in [3.63, 3.8) is 0 Å². The Morgan fingerprint density at radius 2 is 1.62 bits per heavy atom. The Bertz CT molecular complexity index is 784. The molecule has 0 bridgehead atoms. The lowest BCUT2D eigenvalue weighted by atomic mass is 10.0. The average Bonchev–Trinajstić information content (AvgIpc) is 2.99. The first-order valence-corrected chi connectivity index (χ1v) is 8.80. The van der Waals surface area contributed by atoms with Crippen molar-refractivity contribution in [2.24, 2.45) is 0 Å². The molecule has 134 valence electrons. The smallest absolute Gasteiger partial charge is 0.251 e. The molecule has 0 saturated carbocycles. The maximum Gasteiger partial charge on any atom is 0.251 e. The summed E-state index contributed by atoms with van der Waals surface area (Å²) in [6.45, 7) is 2.90. The van der Waals surface area contributed by atoms with E-state index in [9.17, 15) is 14.4 Å². The van der Waals surface area contributed by atoms with Crippen molar-refractivity contribution >= 4 is 17.7 Å². The number of hydrogen-bond donors (Lipinski definition) is 1. The quantitative estimate of drug-likeness (QED) is 0.815. The van der Waals surface area contributed by atoms with Crippen LogP contribution in [0.15, 0.2) is 54.6 Å². The number of imide groups is 1. The number of amides is 3. The largest absolute Gasteiger partial charge is 0.351 e. The van der Waals surface area contributed by atoms with Crippen molar-refractivity contribution in [2.45, 2.75) is 32.2 Å². The first-order valence-electron chi connectivity index (χ1n) is 8.80. The highest BCUT2D eigenvalue weighted by atomic mass is 16.2. The van der Waals surface area contributed by atoms with E-state index in [0.29, 0.717) is 24.9 Å². The van der Waals surface area contributed by atoms with Gasteiger partial charge in [-0.05, 0) is 29.2 Å². The van der Waals surface area contributed by atoms with Gasteiger partial charge in [0.1, 0.15) is 0 Å². The molecule has 1 fully saturated rings. The van der Waals surface area contributed by atoms with Crippen LogP contribution in [0.4, 0.5) is 0 Å². The molecule has 2 aromatic carbocycles. The van der Waals surface area contributed by atoms with Gasteiger partial charge in [-0.1, -0.05) is 49.4 Å². The van der Waals surface area contributed by atoms with Crippen molar-refractivity contribution < 1.29 is 14.4 Å². The molecule has 5 nitrogen and oxygen atoms in total. The van der Waals surface area contributed by atoms with Crippen molar-refractivity contribution in [3.8, 4) is 0 Å². The zero-order valence-electron chi connectivity index (χ0n) is 14.8. The lowest BCUT2D eigenvalue weighted by Gasteiger charge is -2.15. The molecule has 1 heterocycles. The minimum Gasteiger partial charge on any atom is -0.351 e. The molecule has 26 heavy (non-hydrogen) atoms. The van der Waals surface area contributed by atoms with Crippen molar-refractivity contribution in [3.05, 3.63) is 71.3 Å². The van der Waals surface area contributed by atoms with Gasteiger partial charge in [0.2, 0.25) is 11.8 Å². The van der Waals surface area contributed by atoms with Gasteiger partial charge in [-0.2, -0.15) is 0 Å². The van der Waals surface area contributed by atoms with Crippen LogP contribution in [0, 0.1) is 0 Å². The third-order valence-electron chi connectivity index (χ3n) is 4.65. The summed E-state index contributed by atoms with van der Waals surface area (Å²) >= 11 is 0. The Kier molecular flexibility index (Phi) is 5.46. The van der Waals surface area contributed by atoms with Crippen LogP contribution in [0.2, 0.25) is 0 Å². The van der Waals surface area contributed by atoms with E-state index in [-0.39, 0.29) is 30.2 Å². The zero-order valence-corrected chi connectivity index (χ0v) is 14.8. The second-order valence-corrected chi connectivity index (χ2v) is 6.59. The van der Waals surface area contributed by atoms with Crippen LogP contribution in [0.1, 0.15) is 47.2 Å². The Morgan fingerprint density at radius 3 is 2.23 bits per heavy atom. The van der Waals surface area contributed by atoms with Crippen LogP contribution in [0.3, 0.4) is 0 Å². The number of nitrogens with one attached hydrogen (secondary N) is 1. The van der Waals surface area contributed by atoms with E-state index in [1.165, 1.54) is 10.5 Å². The second kappa shape index (κ2) is 7.95. The minimum absolute atomic E-state index is 0.132. The molecule has 1 aliphatic heterocycles. The lowest BCUT2D eigenvalue weighted by Crippen LogP contribution is -2.29. The van der Waals surface area contributed by atoms with Gasteiger partial charge in [0.15, 0.2) is 0 Å². The summed E-state index contributed by atoms with van der Waals surface area (Å²) in [5, 5.41) is 2.95. The normalized spacial score (nSPS) is 15.2. The minimum atomic E-state index is -0.133. The molecule has 1 saturated heterocycles. The topological polar surface area (TPSA) is 66.5 Å². The summed E-state index contributed by atoms with van der Waals surface area (Å²) in [6.07, 6.45) is 0.581. The highest BCUT2D eigenvalue weighted by Gasteiger charge is 2.28. The predicted octanol–water partition coefficient (Wildman–Crippen LogP) is 2.87. The monoisotopic (exact) mass is 350 g/mol. The van der Waals surface area contributed by atoms with Crippen LogP contribution >= 0.6 is 0 Å². The third kappa shape index (κ3) is 4.17. The standard InChI is InChI=1S/C21H22N2O3/c1-15(17-5-3-2-4-6-17)13-22-21(26)18-9-7-16(8-10-18)14-23-19(24)11-12-20(23)25/h2-10,15H,11-14H2,1H3,(H,22,26)/t15-/m1/s1. The van der Waals surface area contributed by atoms with E-state index in [1.807, 2.05) is 30.3 Å². The number of benzene rings is 2. The van der Waals surface area contributed by atoms with E-state index < -0.39 is 0 Å². The molecule has 1 aliphatic rings. The van der Waals surface area contributed by atoms with Crippen molar-refractivity contribution in [1.82, 2.24) is 10.2 Å². The zero-order chi connectivity index (χ0) is 18.5. The molecule has 5 heteroatoms. The molecule has 2 aromatic rings.